The largest absolute Gasteiger partial charge is 0.349 e. The van der Waals surface area contributed by atoms with Crippen LogP contribution in [-0.4, -0.2) is 28.7 Å². The maximum atomic E-state index is 13.1. The van der Waals surface area contributed by atoms with E-state index in [1.54, 1.807) is 30.3 Å². The van der Waals surface area contributed by atoms with Crippen molar-refractivity contribution >= 4 is 52.3 Å². The van der Waals surface area contributed by atoms with E-state index in [0.29, 0.717) is 22.0 Å². The number of carbonyl (C=O) groups excluding carboxylic acids is 3. The summed E-state index contributed by atoms with van der Waals surface area (Å²) in [6.45, 7) is 3.73. The lowest BCUT2D eigenvalue weighted by Gasteiger charge is -2.29. The van der Waals surface area contributed by atoms with Gasteiger partial charge in [0.2, 0.25) is 0 Å². The van der Waals surface area contributed by atoms with Crippen molar-refractivity contribution in [1.82, 2.24) is 4.90 Å². The van der Waals surface area contributed by atoms with E-state index in [-0.39, 0.29) is 22.7 Å². The minimum Gasteiger partial charge on any atom is -0.349 e. The topological polar surface area (TPSA) is 78.5 Å². The second-order valence-electron chi connectivity index (χ2n) is 8.53. The van der Waals surface area contributed by atoms with Gasteiger partial charge in [-0.25, -0.2) is 0 Å². The predicted octanol–water partition coefficient (Wildman–Crippen LogP) is 5.77. The van der Waals surface area contributed by atoms with Crippen molar-refractivity contribution < 1.29 is 14.4 Å². The van der Waals surface area contributed by atoms with Crippen LogP contribution in [0.25, 0.3) is 0 Å². The summed E-state index contributed by atoms with van der Waals surface area (Å²) in [6.07, 6.45) is 4.69. The maximum absolute atomic E-state index is 13.1. The van der Waals surface area contributed by atoms with E-state index in [1.165, 1.54) is 4.90 Å². The van der Waals surface area contributed by atoms with Crippen molar-refractivity contribution in [2.45, 2.75) is 52.0 Å². The fourth-order valence-corrected chi connectivity index (χ4v) is 4.65. The lowest BCUT2D eigenvalue weighted by Crippen LogP contribution is -2.42. The highest BCUT2D eigenvalue weighted by Gasteiger charge is 2.42. The Labute approximate surface area is 202 Å². The van der Waals surface area contributed by atoms with Crippen LogP contribution in [0.15, 0.2) is 47.1 Å². The molecule has 1 fully saturated rings. The highest BCUT2D eigenvalue weighted by Crippen LogP contribution is 2.33. The van der Waals surface area contributed by atoms with E-state index in [2.05, 4.69) is 10.6 Å². The Morgan fingerprint density at radius 2 is 1.58 bits per heavy atom. The van der Waals surface area contributed by atoms with Gasteiger partial charge in [0.05, 0.1) is 0 Å². The van der Waals surface area contributed by atoms with Crippen LogP contribution in [-0.2, 0) is 9.59 Å². The second kappa shape index (κ2) is 9.57. The zero-order chi connectivity index (χ0) is 23.7. The Morgan fingerprint density at radius 1 is 0.909 bits per heavy atom. The molecule has 172 valence electrons. The molecule has 2 aromatic carbocycles. The number of nitrogens with one attached hydrogen (secondary N) is 2. The number of benzene rings is 2. The van der Waals surface area contributed by atoms with Crippen LogP contribution in [0.1, 0.15) is 53.6 Å². The van der Waals surface area contributed by atoms with Gasteiger partial charge in [-0.15, -0.1) is 0 Å². The molecular weight excluding hydrogens is 461 g/mol. The normalized spacial score (nSPS) is 17.0. The van der Waals surface area contributed by atoms with E-state index in [9.17, 15) is 14.4 Å². The van der Waals surface area contributed by atoms with Gasteiger partial charge in [-0.05, 0) is 62.1 Å². The SMILES string of the molecule is Cc1ccc(Cl)cc1NC(=O)c1ccc(C)c(NC2=C(Cl)C(=O)N(C3CCCCC3)C2=O)c1. The number of nitrogens with zero attached hydrogens (tertiary/aromatic N) is 1. The first kappa shape index (κ1) is 23.3. The van der Waals surface area contributed by atoms with E-state index >= 15 is 0 Å². The first-order valence-corrected chi connectivity index (χ1v) is 11.7. The average Bonchev–Trinajstić information content (AvgIpc) is 3.01. The number of imide groups is 1. The lowest BCUT2D eigenvalue weighted by atomic mass is 9.94. The zero-order valence-corrected chi connectivity index (χ0v) is 20.0. The molecule has 0 bridgehead atoms. The van der Waals surface area contributed by atoms with Gasteiger partial charge in [0.15, 0.2) is 0 Å². The van der Waals surface area contributed by atoms with Gasteiger partial charge in [0, 0.05) is 28.0 Å². The summed E-state index contributed by atoms with van der Waals surface area (Å²) >= 11 is 12.3. The van der Waals surface area contributed by atoms with Crippen LogP contribution in [0.3, 0.4) is 0 Å². The third kappa shape index (κ3) is 4.77. The molecule has 1 saturated carbocycles. The number of carbonyl (C=O) groups is 3. The minimum atomic E-state index is -0.459. The third-order valence-electron chi connectivity index (χ3n) is 6.21. The number of hydrogen-bond acceptors (Lipinski definition) is 4. The molecule has 3 amide bonds. The third-order valence-corrected chi connectivity index (χ3v) is 6.79. The van der Waals surface area contributed by atoms with Gasteiger partial charge in [0.25, 0.3) is 17.7 Å². The summed E-state index contributed by atoms with van der Waals surface area (Å²) in [5.74, 6) is -1.19. The molecule has 0 aromatic heterocycles. The summed E-state index contributed by atoms with van der Waals surface area (Å²) in [5, 5.41) is 6.29. The summed E-state index contributed by atoms with van der Waals surface area (Å²) in [7, 11) is 0. The molecule has 8 heteroatoms. The van der Waals surface area contributed by atoms with Crippen molar-refractivity contribution in [3.05, 3.63) is 68.8 Å². The van der Waals surface area contributed by atoms with E-state index in [1.807, 2.05) is 19.9 Å². The van der Waals surface area contributed by atoms with Gasteiger partial charge in [-0.1, -0.05) is 54.6 Å². The van der Waals surface area contributed by atoms with E-state index in [0.717, 1.165) is 43.2 Å². The Morgan fingerprint density at radius 3 is 2.30 bits per heavy atom. The number of anilines is 2. The quantitative estimate of drug-likeness (QED) is 0.526. The van der Waals surface area contributed by atoms with Gasteiger partial charge >= 0.3 is 0 Å². The van der Waals surface area contributed by atoms with Crippen molar-refractivity contribution in [1.29, 1.82) is 0 Å². The molecule has 1 heterocycles. The molecule has 4 rings (SSSR count). The van der Waals surface area contributed by atoms with Gasteiger partial charge in [-0.3, -0.25) is 19.3 Å². The van der Waals surface area contributed by atoms with Gasteiger partial charge in [-0.2, -0.15) is 0 Å². The second-order valence-corrected chi connectivity index (χ2v) is 9.34. The Balaban J connectivity index is 1.55. The number of halogens is 2. The Bertz CT molecular complexity index is 1170. The average molecular weight is 486 g/mol. The van der Waals surface area contributed by atoms with Crippen LogP contribution in [0, 0.1) is 13.8 Å². The molecule has 2 N–H and O–H groups in total. The molecule has 33 heavy (non-hydrogen) atoms. The van der Waals surface area contributed by atoms with Gasteiger partial charge in [0.1, 0.15) is 10.7 Å². The molecule has 0 spiro atoms. The van der Waals surface area contributed by atoms with Crippen LogP contribution < -0.4 is 10.6 Å². The maximum Gasteiger partial charge on any atom is 0.279 e. The van der Waals surface area contributed by atoms with Crippen LogP contribution in [0.2, 0.25) is 5.02 Å². The zero-order valence-electron chi connectivity index (χ0n) is 18.5. The summed E-state index contributed by atoms with van der Waals surface area (Å²) in [6, 6.07) is 10.3. The van der Waals surface area contributed by atoms with Crippen molar-refractivity contribution in [2.24, 2.45) is 0 Å². The smallest absolute Gasteiger partial charge is 0.279 e. The molecule has 0 unspecified atom stereocenters. The van der Waals surface area contributed by atoms with Crippen LogP contribution >= 0.6 is 23.2 Å². The highest BCUT2D eigenvalue weighted by atomic mass is 35.5. The van der Waals surface area contributed by atoms with Crippen LogP contribution in [0.5, 0.6) is 0 Å². The first-order valence-electron chi connectivity index (χ1n) is 11.0. The number of amides is 3. The highest BCUT2D eigenvalue weighted by molar-refractivity contribution is 6.48. The summed E-state index contributed by atoms with van der Waals surface area (Å²) in [5.41, 5.74) is 3.28. The first-order chi connectivity index (χ1) is 15.8. The molecule has 0 radical (unpaired) electrons. The lowest BCUT2D eigenvalue weighted by molar-refractivity contribution is -0.140. The summed E-state index contributed by atoms with van der Waals surface area (Å²) in [4.78, 5) is 40.0. The molecule has 0 atom stereocenters. The van der Waals surface area contributed by atoms with Crippen molar-refractivity contribution in [2.75, 3.05) is 10.6 Å². The molecular formula is C25H25Cl2N3O3. The summed E-state index contributed by atoms with van der Waals surface area (Å²) < 4.78 is 0. The van der Waals surface area contributed by atoms with E-state index in [4.69, 9.17) is 23.2 Å². The molecule has 2 aromatic rings. The monoisotopic (exact) mass is 485 g/mol. The molecule has 0 saturated heterocycles. The Kier molecular flexibility index (Phi) is 6.77. The van der Waals surface area contributed by atoms with Crippen LogP contribution in [0.4, 0.5) is 11.4 Å². The van der Waals surface area contributed by atoms with E-state index < -0.39 is 11.8 Å². The number of hydrogen-bond donors (Lipinski definition) is 2. The molecule has 1 aliphatic heterocycles. The standard InChI is InChI=1S/C25H25Cl2N3O3/c1-14-8-10-16(23(31)29-20-13-17(26)11-9-15(20)2)12-19(14)28-22-21(27)24(32)30(25(22)33)18-6-4-3-5-7-18/h8-13,18,28H,3-7H2,1-2H3,(H,29,31). The molecule has 1 aliphatic carbocycles. The van der Waals surface area contributed by atoms with Gasteiger partial charge < -0.3 is 10.6 Å². The number of aryl methyl sites for hydroxylation is 2. The fraction of sp³-hybridized carbons (Fsp3) is 0.320. The molecule has 6 nitrogen and oxygen atoms in total. The fourth-order valence-electron chi connectivity index (χ4n) is 4.25. The Hall–Kier alpha value is -2.83. The molecule has 2 aliphatic rings. The minimum absolute atomic E-state index is 0.0542. The predicted molar refractivity (Wildman–Crippen MR) is 131 cm³/mol. The van der Waals surface area contributed by atoms with Crippen molar-refractivity contribution in [3.63, 3.8) is 0 Å². The van der Waals surface area contributed by atoms with Crippen molar-refractivity contribution in [3.8, 4) is 0 Å². The number of rotatable bonds is 5.